The van der Waals surface area contributed by atoms with Crippen molar-refractivity contribution in [1.82, 2.24) is 19.4 Å². The van der Waals surface area contributed by atoms with Gasteiger partial charge in [0.15, 0.2) is 17.3 Å². The minimum absolute atomic E-state index is 0.115. The highest BCUT2D eigenvalue weighted by molar-refractivity contribution is 5.79. The number of nitrogens with zero attached hydrogens (tertiary/aromatic N) is 4. The standard InChI is InChI=1S/C18H13F3N4O2/c1-8-15-18(27-16-11(20)5-4-10(19)14(16)21)23-12-6-7-13(26-3)24-17(12)25(15)9(2)22-8/h4-7H,1-3H3. The average molecular weight is 374 g/mol. The van der Waals surface area contributed by atoms with Crippen LogP contribution in [-0.4, -0.2) is 26.5 Å². The van der Waals surface area contributed by atoms with E-state index in [2.05, 4.69) is 15.0 Å². The number of rotatable bonds is 3. The Morgan fingerprint density at radius 2 is 1.67 bits per heavy atom. The van der Waals surface area contributed by atoms with Gasteiger partial charge in [0.25, 0.3) is 0 Å². The van der Waals surface area contributed by atoms with Crippen molar-refractivity contribution >= 4 is 16.7 Å². The monoisotopic (exact) mass is 374 g/mol. The Kier molecular flexibility index (Phi) is 3.87. The van der Waals surface area contributed by atoms with Crippen molar-refractivity contribution < 1.29 is 22.6 Å². The van der Waals surface area contributed by atoms with Crippen LogP contribution < -0.4 is 9.47 Å². The van der Waals surface area contributed by atoms with Gasteiger partial charge in [0.05, 0.1) is 12.8 Å². The van der Waals surface area contributed by atoms with Crippen molar-refractivity contribution in [2.24, 2.45) is 0 Å². The van der Waals surface area contributed by atoms with Crippen LogP contribution in [-0.2, 0) is 0 Å². The number of benzene rings is 1. The molecule has 27 heavy (non-hydrogen) atoms. The van der Waals surface area contributed by atoms with E-state index in [-0.39, 0.29) is 5.88 Å². The molecule has 1 aromatic carbocycles. The predicted octanol–water partition coefficient (Wildman–Crippen LogP) is 4.11. The zero-order chi connectivity index (χ0) is 19.3. The predicted molar refractivity (Wildman–Crippen MR) is 90.7 cm³/mol. The van der Waals surface area contributed by atoms with Gasteiger partial charge in [-0.25, -0.2) is 18.7 Å². The fourth-order valence-electron chi connectivity index (χ4n) is 2.90. The van der Waals surface area contributed by atoms with E-state index in [0.29, 0.717) is 40.1 Å². The fourth-order valence-corrected chi connectivity index (χ4v) is 2.90. The summed E-state index contributed by atoms with van der Waals surface area (Å²) in [4.78, 5) is 13.0. The quantitative estimate of drug-likeness (QED) is 0.505. The normalized spacial score (nSPS) is 11.3. The molecular formula is C18H13F3N4O2. The van der Waals surface area contributed by atoms with E-state index in [1.807, 2.05) is 0 Å². The molecule has 0 fully saturated rings. The maximum Gasteiger partial charge on any atom is 0.246 e. The molecule has 0 amide bonds. The lowest BCUT2D eigenvalue weighted by Gasteiger charge is -2.12. The van der Waals surface area contributed by atoms with Crippen molar-refractivity contribution in [2.45, 2.75) is 13.8 Å². The van der Waals surface area contributed by atoms with Gasteiger partial charge in [-0.15, -0.1) is 0 Å². The Bertz CT molecular complexity index is 1210. The molecule has 0 saturated heterocycles. The third-order valence-electron chi connectivity index (χ3n) is 4.09. The first-order valence-corrected chi connectivity index (χ1v) is 7.92. The van der Waals surface area contributed by atoms with Gasteiger partial charge in [-0.1, -0.05) is 0 Å². The highest BCUT2D eigenvalue weighted by atomic mass is 19.2. The molecule has 4 aromatic rings. The number of fused-ring (bicyclic) bond motifs is 3. The largest absolute Gasteiger partial charge is 0.481 e. The fraction of sp³-hybridized carbons (Fsp3) is 0.167. The summed E-state index contributed by atoms with van der Waals surface area (Å²) in [6, 6.07) is 4.69. The molecule has 3 aromatic heterocycles. The van der Waals surface area contributed by atoms with Crippen molar-refractivity contribution in [3.8, 4) is 17.5 Å². The number of aromatic nitrogens is 4. The summed E-state index contributed by atoms with van der Waals surface area (Å²) in [6.45, 7) is 3.44. The Morgan fingerprint density at radius 1 is 0.926 bits per heavy atom. The van der Waals surface area contributed by atoms with Gasteiger partial charge < -0.3 is 9.47 Å². The summed E-state index contributed by atoms with van der Waals surface area (Å²) in [5.74, 6) is -3.75. The zero-order valence-electron chi connectivity index (χ0n) is 14.5. The van der Waals surface area contributed by atoms with Crippen molar-refractivity contribution in [2.75, 3.05) is 7.11 Å². The van der Waals surface area contributed by atoms with Gasteiger partial charge in [-0.05, 0) is 32.0 Å². The molecule has 9 heteroatoms. The van der Waals surface area contributed by atoms with Crippen molar-refractivity contribution in [3.05, 3.63) is 53.2 Å². The molecule has 0 atom stereocenters. The second-order valence-electron chi connectivity index (χ2n) is 5.82. The molecule has 0 aliphatic rings. The number of pyridine rings is 1. The first-order chi connectivity index (χ1) is 12.9. The van der Waals surface area contributed by atoms with Crippen LogP contribution in [0.2, 0.25) is 0 Å². The van der Waals surface area contributed by atoms with Gasteiger partial charge in [-0.3, -0.25) is 4.40 Å². The van der Waals surface area contributed by atoms with E-state index in [4.69, 9.17) is 9.47 Å². The number of imidazole rings is 1. The number of hydrogen-bond acceptors (Lipinski definition) is 5. The summed E-state index contributed by atoms with van der Waals surface area (Å²) in [5, 5.41) is 0. The molecule has 0 aliphatic carbocycles. The lowest BCUT2D eigenvalue weighted by Crippen LogP contribution is -2.03. The van der Waals surface area contributed by atoms with Crippen molar-refractivity contribution in [1.29, 1.82) is 0 Å². The summed E-state index contributed by atoms with van der Waals surface area (Å²) >= 11 is 0. The molecule has 0 unspecified atom stereocenters. The van der Waals surface area contributed by atoms with Crippen LogP contribution in [0.4, 0.5) is 13.2 Å². The number of hydrogen-bond donors (Lipinski definition) is 0. The molecule has 0 spiro atoms. The van der Waals surface area contributed by atoms with Crippen LogP contribution >= 0.6 is 0 Å². The SMILES string of the molecule is COc1ccc2nc(Oc3c(F)ccc(F)c3F)c3c(C)nc(C)n3c2n1. The van der Waals surface area contributed by atoms with Gasteiger partial charge in [-0.2, -0.15) is 9.37 Å². The number of aryl methyl sites for hydroxylation is 2. The van der Waals surface area contributed by atoms with Crippen LogP contribution in [0.15, 0.2) is 24.3 Å². The molecule has 0 N–H and O–H groups in total. The zero-order valence-corrected chi connectivity index (χ0v) is 14.5. The van der Waals surface area contributed by atoms with Gasteiger partial charge in [0.1, 0.15) is 16.9 Å². The third kappa shape index (κ3) is 2.62. The lowest BCUT2D eigenvalue weighted by atomic mass is 10.3. The Morgan fingerprint density at radius 3 is 2.41 bits per heavy atom. The van der Waals surface area contributed by atoms with Gasteiger partial charge in [0.2, 0.25) is 23.3 Å². The van der Waals surface area contributed by atoms with Gasteiger partial charge in [0, 0.05) is 6.07 Å². The summed E-state index contributed by atoms with van der Waals surface area (Å²) in [7, 11) is 1.48. The Hall–Kier alpha value is -3.36. The molecule has 3 heterocycles. The molecule has 0 bridgehead atoms. The first kappa shape index (κ1) is 17.1. The van der Waals surface area contributed by atoms with Crippen LogP contribution in [0.5, 0.6) is 17.5 Å². The second-order valence-corrected chi connectivity index (χ2v) is 5.82. The smallest absolute Gasteiger partial charge is 0.246 e. The van der Waals surface area contributed by atoms with E-state index in [9.17, 15) is 13.2 Å². The minimum Gasteiger partial charge on any atom is -0.481 e. The Balaban J connectivity index is 2.02. The molecule has 138 valence electrons. The maximum atomic E-state index is 14.0. The lowest BCUT2D eigenvalue weighted by molar-refractivity contribution is 0.380. The van der Waals surface area contributed by atoms with Crippen LogP contribution in [0, 0.1) is 31.3 Å². The molecule has 6 nitrogen and oxygen atoms in total. The molecular weight excluding hydrogens is 361 g/mol. The number of ether oxygens (including phenoxy) is 2. The maximum absolute atomic E-state index is 14.0. The van der Waals surface area contributed by atoms with E-state index in [1.165, 1.54) is 7.11 Å². The van der Waals surface area contributed by atoms with E-state index in [1.54, 1.807) is 30.4 Å². The summed E-state index contributed by atoms with van der Waals surface area (Å²) in [5.41, 5.74) is 1.70. The third-order valence-corrected chi connectivity index (χ3v) is 4.09. The number of methoxy groups -OCH3 is 1. The Labute approximate surface area is 151 Å². The topological polar surface area (TPSA) is 61.5 Å². The van der Waals surface area contributed by atoms with E-state index < -0.39 is 23.2 Å². The highest BCUT2D eigenvalue weighted by Gasteiger charge is 2.22. The molecule has 0 radical (unpaired) electrons. The van der Waals surface area contributed by atoms with E-state index in [0.717, 1.165) is 6.07 Å². The minimum atomic E-state index is -1.43. The van der Waals surface area contributed by atoms with Crippen molar-refractivity contribution in [3.63, 3.8) is 0 Å². The second kappa shape index (κ2) is 6.11. The van der Waals surface area contributed by atoms with E-state index >= 15 is 0 Å². The molecule has 4 rings (SSSR count). The first-order valence-electron chi connectivity index (χ1n) is 7.92. The summed E-state index contributed by atoms with van der Waals surface area (Å²) in [6.07, 6.45) is 0. The molecule has 0 saturated carbocycles. The summed E-state index contributed by atoms with van der Waals surface area (Å²) < 4.78 is 53.7. The van der Waals surface area contributed by atoms with Crippen LogP contribution in [0.1, 0.15) is 11.5 Å². The highest BCUT2D eigenvalue weighted by Crippen LogP contribution is 2.34. The number of halogens is 3. The van der Waals surface area contributed by atoms with Crippen LogP contribution in [0.3, 0.4) is 0 Å². The van der Waals surface area contributed by atoms with Gasteiger partial charge >= 0.3 is 0 Å². The average Bonchev–Trinajstić information content (AvgIpc) is 2.96. The van der Waals surface area contributed by atoms with Crippen LogP contribution in [0.25, 0.3) is 16.7 Å². The molecule has 0 aliphatic heterocycles.